The highest BCUT2D eigenvalue weighted by Gasteiger charge is 2.35. The average Bonchev–Trinajstić information content (AvgIpc) is 3.60. The highest BCUT2D eigenvalue weighted by molar-refractivity contribution is 7.92. The Morgan fingerprint density at radius 3 is 1.98 bits per heavy atom. The van der Waals surface area contributed by atoms with E-state index in [1.54, 1.807) is 35.2 Å². The van der Waals surface area contributed by atoms with Crippen molar-refractivity contribution in [1.82, 2.24) is 10.2 Å². The van der Waals surface area contributed by atoms with E-state index in [1.807, 2.05) is 80.6 Å². The van der Waals surface area contributed by atoms with Crippen LogP contribution in [-0.4, -0.2) is 43.8 Å². The molecule has 0 bridgehead atoms. The third-order valence-corrected chi connectivity index (χ3v) is 10.5. The summed E-state index contributed by atoms with van der Waals surface area (Å²) in [6.45, 7) is 3.72. The summed E-state index contributed by atoms with van der Waals surface area (Å²) >= 11 is 0. The second-order valence-corrected chi connectivity index (χ2v) is 13.9. The fourth-order valence-electron chi connectivity index (χ4n) is 5.96. The van der Waals surface area contributed by atoms with Gasteiger partial charge in [0.25, 0.3) is 10.0 Å². The van der Waals surface area contributed by atoms with Crippen molar-refractivity contribution in [1.29, 1.82) is 0 Å². The number of rotatable bonds is 13. The fraction of sp³-hybridized carbons (Fsp3) is 0.316. The van der Waals surface area contributed by atoms with Crippen LogP contribution in [0.2, 0.25) is 0 Å². The van der Waals surface area contributed by atoms with Crippen molar-refractivity contribution in [3.63, 3.8) is 0 Å². The molecule has 1 aliphatic carbocycles. The van der Waals surface area contributed by atoms with Gasteiger partial charge >= 0.3 is 0 Å². The molecule has 0 spiro atoms. The molecule has 0 radical (unpaired) electrons. The van der Waals surface area contributed by atoms with E-state index < -0.39 is 28.5 Å². The van der Waals surface area contributed by atoms with Gasteiger partial charge in [-0.05, 0) is 67.1 Å². The molecule has 2 amide bonds. The quantitative estimate of drug-likeness (QED) is 0.183. The first-order valence-corrected chi connectivity index (χ1v) is 17.5. The summed E-state index contributed by atoms with van der Waals surface area (Å²) in [5.74, 6) is -0.678. The lowest BCUT2D eigenvalue weighted by molar-refractivity contribution is -0.140. The number of carbonyl (C=O) groups is 2. The second kappa shape index (κ2) is 15.2. The lowest BCUT2D eigenvalue weighted by Gasteiger charge is -2.34. The summed E-state index contributed by atoms with van der Waals surface area (Å²) in [6, 6.07) is 32.1. The van der Waals surface area contributed by atoms with Gasteiger partial charge in [-0.2, -0.15) is 0 Å². The molecule has 4 aromatic rings. The zero-order valence-electron chi connectivity index (χ0n) is 26.6. The molecule has 0 aliphatic heterocycles. The number of benzene rings is 4. The van der Waals surface area contributed by atoms with Crippen LogP contribution in [0.15, 0.2) is 114 Å². The molecule has 0 unspecified atom stereocenters. The van der Waals surface area contributed by atoms with Gasteiger partial charge in [-0.3, -0.25) is 13.9 Å². The average molecular weight is 638 g/mol. The molecular formula is C38H43N3O4S. The maximum atomic E-state index is 14.6. The molecular weight excluding hydrogens is 595 g/mol. The number of amides is 2. The number of nitrogens with one attached hydrogen (secondary N) is 1. The van der Waals surface area contributed by atoms with Gasteiger partial charge in [-0.15, -0.1) is 0 Å². The van der Waals surface area contributed by atoms with Crippen molar-refractivity contribution in [3.8, 4) is 0 Å². The lowest BCUT2D eigenvalue weighted by atomic mass is 10.0. The largest absolute Gasteiger partial charge is 0.352 e. The SMILES string of the molecule is CCc1ccc(N(CC(=O)N(Cc2ccc(C)cc2)[C@H](Cc2ccccc2)C(=O)NC2CCCC2)S(=O)(=O)c2ccccc2)cc1. The van der Waals surface area contributed by atoms with Crippen molar-refractivity contribution in [2.75, 3.05) is 10.8 Å². The van der Waals surface area contributed by atoms with Crippen molar-refractivity contribution >= 4 is 27.5 Å². The first kappa shape index (κ1) is 32.9. The Kier molecular flexibility index (Phi) is 10.9. The molecule has 0 saturated heterocycles. The second-order valence-electron chi connectivity index (χ2n) is 12.0. The molecule has 0 heterocycles. The standard InChI is InChI=1S/C38H43N3O4S/c1-3-30-22-24-34(25-23-30)41(46(44,45)35-16-8-5-9-17-35)28-37(42)40(27-32-20-18-29(2)19-21-32)36(26-31-12-6-4-7-13-31)38(43)39-33-14-10-11-15-33/h4-9,12-13,16-25,33,36H,3,10-11,14-15,26-28H2,1-2H3,(H,39,43)/t36-/m1/s1. The topological polar surface area (TPSA) is 86.8 Å². The third-order valence-electron chi connectivity index (χ3n) is 8.69. The van der Waals surface area contributed by atoms with Crippen LogP contribution in [0.5, 0.6) is 0 Å². The summed E-state index contributed by atoms with van der Waals surface area (Å²) in [4.78, 5) is 30.4. The van der Waals surface area contributed by atoms with Gasteiger partial charge in [0.15, 0.2) is 0 Å². The smallest absolute Gasteiger partial charge is 0.264 e. The Labute approximate surface area is 273 Å². The van der Waals surface area contributed by atoms with Gasteiger partial charge in [0.1, 0.15) is 12.6 Å². The minimum Gasteiger partial charge on any atom is -0.352 e. The van der Waals surface area contributed by atoms with Crippen molar-refractivity contribution in [2.24, 2.45) is 0 Å². The first-order chi connectivity index (χ1) is 22.2. The van der Waals surface area contributed by atoms with Crippen LogP contribution in [0.1, 0.15) is 54.9 Å². The highest BCUT2D eigenvalue weighted by atomic mass is 32.2. The fourth-order valence-corrected chi connectivity index (χ4v) is 7.39. The maximum absolute atomic E-state index is 14.6. The number of sulfonamides is 1. The molecule has 8 heteroatoms. The number of hydrogen-bond acceptors (Lipinski definition) is 4. The van der Waals surface area contributed by atoms with Gasteiger partial charge < -0.3 is 10.2 Å². The normalized spacial score (nSPS) is 14.0. The minimum atomic E-state index is -4.12. The Hall–Kier alpha value is -4.43. The summed E-state index contributed by atoms with van der Waals surface area (Å²) < 4.78 is 29.5. The Morgan fingerprint density at radius 2 is 1.37 bits per heavy atom. The number of aryl methyl sites for hydroxylation is 2. The van der Waals surface area contributed by atoms with Crippen LogP contribution < -0.4 is 9.62 Å². The van der Waals surface area contributed by atoms with Crippen LogP contribution in [0.3, 0.4) is 0 Å². The number of nitrogens with zero attached hydrogens (tertiary/aromatic N) is 2. The lowest BCUT2D eigenvalue weighted by Crippen LogP contribution is -2.54. The van der Waals surface area contributed by atoms with E-state index in [-0.39, 0.29) is 23.4 Å². The molecule has 1 aliphatic rings. The molecule has 1 saturated carbocycles. The van der Waals surface area contributed by atoms with E-state index in [2.05, 4.69) is 5.32 Å². The van der Waals surface area contributed by atoms with Gasteiger partial charge in [0.05, 0.1) is 10.6 Å². The minimum absolute atomic E-state index is 0.0640. The molecule has 1 N–H and O–H groups in total. The summed E-state index contributed by atoms with van der Waals surface area (Å²) in [6.07, 6.45) is 5.03. The van der Waals surface area contributed by atoms with E-state index in [1.165, 1.54) is 16.4 Å². The van der Waals surface area contributed by atoms with Crippen LogP contribution in [-0.2, 0) is 39.0 Å². The molecule has 1 atom stereocenters. The molecule has 46 heavy (non-hydrogen) atoms. The van der Waals surface area contributed by atoms with Gasteiger partial charge in [-0.1, -0.05) is 110 Å². The molecule has 4 aromatic carbocycles. The van der Waals surface area contributed by atoms with Gasteiger partial charge in [0.2, 0.25) is 11.8 Å². The van der Waals surface area contributed by atoms with Crippen LogP contribution in [0, 0.1) is 6.92 Å². The van der Waals surface area contributed by atoms with Crippen LogP contribution >= 0.6 is 0 Å². The Balaban J connectivity index is 1.55. The number of hydrogen-bond donors (Lipinski definition) is 1. The predicted octanol–water partition coefficient (Wildman–Crippen LogP) is 6.45. The number of carbonyl (C=O) groups excluding carboxylic acids is 2. The van der Waals surface area contributed by atoms with E-state index in [0.29, 0.717) is 12.1 Å². The van der Waals surface area contributed by atoms with Gasteiger partial charge in [0, 0.05) is 19.0 Å². The third kappa shape index (κ3) is 8.23. The van der Waals surface area contributed by atoms with E-state index >= 15 is 0 Å². The summed E-state index contributed by atoms with van der Waals surface area (Å²) in [5.41, 5.74) is 4.30. The van der Waals surface area contributed by atoms with Gasteiger partial charge in [-0.25, -0.2) is 8.42 Å². The zero-order valence-corrected chi connectivity index (χ0v) is 27.5. The molecule has 0 aromatic heterocycles. The Morgan fingerprint density at radius 1 is 0.783 bits per heavy atom. The molecule has 5 rings (SSSR count). The first-order valence-electron chi connectivity index (χ1n) is 16.1. The van der Waals surface area contributed by atoms with Crippen molar-refractivity contribution in [2.45, 2.75) is 75.9 Å². The molecule has 1 fully saturated rings. The highest BCUT2D eigenvalue weighted by Crippen LogP contribution is 2.26. The van der Waals surface area contributed by atoms with E-state index in [9.17, 15) is 18.0 Å². The number of anilines is 1. The van der Waals surface area contributed by atoms with E-state index in [4.69, 9.17) is 0 Å². The Bertz CT molecular complexity index is 1690. The van der Waals surface area contributed by atoms with Crippen LogP contribution in [0.4, 0.5) is 5.69 Å². The van der Waals surface area contributed by atoms with Crippen molar-refractivity contribution < 1.29 is 18.0 Å². The summed E-state index contributed by atoms with van der Waals surface area (Å²) in [7, 11) is -4.12. The van der Waals surface area contributed by atoms with Crippen LogP contribution in [0.25, 0.3) is 0 Å². The molecule has 240 valence electrons. The predicted molar refractivity (Wildman–Crippen MR) is 183 cm³/mol. The van der Waals surface area contributed by atoms with E-state index in [0.717, 1.165) is 54.4 Å². The monoisotopic (exact) mass is 637 g/mol. The van der Waals surface area contributed by atoms with Crippen molar-refractivity contribution in [3.05, 3.63) is 131 Å². The zero-order chi connectivity index (χ0) is 32.5. The maximum Gasteiger partial charge on any atom is 0.264 e. The molecule has 7 nitrogen and oxygen atoms in total. The summed E-state index contributed by atoms with van der Waals surface area (Å²) in [5, 5.41) is 3.22.